The van der Waals surface area contributed by atoms with Gasteiger partial charge in [0, 0.05) is 29.6 Å². The Labute approximate surface area is 238 Å². The third-order valence-electron chi connectivity index (χ3n) is 7.34. The Balaban J connectivity index is 1.78. The van der Waals surface area contributed by atoms with E-state index in [1.807, 2.05) is 23.1 Å². The van der Waals surface area contributed by atoms with Crippen LogP contribution in [-0.4, -0.2) is 66.1 Å². The van der Waals surface area contributed by atoms with E-state index in [1.165, 1.54) is 23.9 Å². The Hall–Kier alpha value is -3.53. The van der Waals surface area contributed by atoms with Gasteiger partial charge in [-0.2, -0.15) is 5.10 Å². The second-order valence-corrected chi connectivity index (χ2v) is 12.2. The molecule has 0 saturated carbocycles. The highest BCUT2D eigenvalue weighted by molar-refractivity contribution is 8.00. The van der Waals surface area contributed by atoms with E-state index in [-0.39, 0.29) is 35.2 Å². The summed E-state index contributed by atoms with van der Waals surface area (Å²) in [5.41, 5.74) is 2.63. The molecule has 2 aromatic carbocycles. The summed E-state index contributed by atoms with van der Waals surface area (Å²) in [6.07, 6.45) is 1.92. The quantitative estimate of drug-likeness (QED) is 0.413. The molecule has 40 heavy (non-hydrogen) atoms. The van der Waals surface area contributed by atoms with Gasteiger partial charge in [-0.05, 0) is 55.3 Å². The van der Waals surface area contributed by atoms with E-state index in [0.29, 0.717) is 36.1 Å². The first-order valence-electron chi connectivity index (χ1n) is 13.4. The molecule has 0 radical (unpaired) electrons. The standard InChI is InChI=1S/C30H35FN4O4S/c1-30(2,3)28-26-27(22-16-21(38-4)12-13-23(22)39-5)40-18-25(37)34(17-24(36)33-14-6-7-15-33)29(26)35(32-28)20-10-8-19(31)9-11-20/h8-13,16,27H,6-7,14-15,17-18H2,1-5H3/t27-/m1/s1. The van der Waals surface area contributed by atoms with Gasteiger partial charge in [-0.25, -0.2) is 9.07 Å². The normalized spacial score (nSPS) is 17.6. The molecule has 3 aromatic rings. The summed E-state index contributed by atoms with van der Waals surface area (Å²) in [4.78, 5) is 30.7. The van der Waals surface area contributed by atoms with Crippen molar-refractivity contribution in [3.05, 3.63) is 65.1 Å². The van der Waals surface area contributed by atoms with Gasteiger partial charge >= 0.3 is 0 Å². The van der Waals surface area contributed by atoms with Crippen molar-refractivity contribution in [1.29, 1.82) is 0 Å². The SMILES string of the molecule is COc1ccc(OC)c([C@H]2SCC(=O)N(CC(=O)N3CCCC3)c3c2c(C(C)(C)C)nn3-c2ccc(F)cc2)c1. The van der Waals surface area contributed by atoms with E-state index < -0.39 is 5.41 Å². The molecule has 212 valence electrons. The number of carbonyl (C=O) groups excluding carboxylic acids is 2. The molecule has 1 atom stereocenters. The molecule has 1 fully saturated rings. The van der Waals surface area contributed by atoms with Crippen LogP contribution < -0.4 is 14.4 Å². The molecule has 1 aromatic heterocycles. The lowest BCUT2D eigenvalue weighted by Gasteiger charge is -2.26. The lowest BCUT2D eigenvalue weighted by Crippen LogP contribution is -2.43. The topological polar surface area (TPSA) is 76.9 Å². The highest BCUT2D eigenvalue weighted by Gasteiger charge is 2.41. The zero-order valence-electron chi connectivity index (χ0n) is 23.6. The first kappa shape index (κ1) is 28.0. The Bertz CT molecular complexity index is 1410. The van der Waals surface area contributed by atoms with Crippen molar-refractivity contribution in [2.24, 2.45) is 0 Å². The molecule has 2 aliphatic rings. The minimum absolute atomic E-state index is 0.0924. The number of benzene rings is 2. The van der Waals surface area contributed by atoms with E-state index in [4.69, 9.17) is 14.6 Å². The van der Waals surface area contributed by atoms with Crippen LogP contribution in [0.4, 0.5) is 10.2 Å². The number of nitrogens with zero attached hydrogens (tertiary/aromatic N) is 4. The number of anilines is 1. The lowest BCUT2D eigenvalue weighted by atomic mass is 9.87. The number of methoxy groups -OCH3 is 2. The van der Waals surface area contributed by atoms with Crippen LogP contribution in [0.1, 0.15) is 55.7 Å². The van der Waals surface area contributed by atoms with Crippen LogP contribution in [-0.2, 0) is 15.0 Å². The third kappa shape index (κ3) is 5.29. The van der Waals surface area contributed by atoms with Crippen molar-refractivity contribution in [1.82, 2.24) is 14.7 Å². The Morgan fingerprint density at radius 2 is 1.77 bits per heavy atom. The molecule has 0 aliphatic carbocycles. The smallest absolute Gasteiger partial charge is 0.242 e. The zero-order chi connectivity index (χ0) is 28.6. The van der Waals surface area contributed by atoms with Gasteiger partial charge in [0.2, 0.25) is 11.8 Å². The van der Waals surface area contributed by atoms with Crippen molar-refractivity contribution in [2.75, 3.05) is 44.5 Å². The maximum atomic E-state index is 13.9. The van der Waals surface area contributed by atoms with Crippen LogP contribution in [0.25, 0.3) is 5.69 Å². The van der Waals surface area contributed by atoms with Gasteiger partial charge in [-0.3, -0.25) is 14.5 Å². The van der Waals surface area contributed by atoms with E-state index >= 15 is 0 Å². The summed E-state index contributed by atoms with van der Waals surface area (Å²) in [5.74, 6) is 1.35. The maximum absolute atomic E-state index is 13.9. The van der Waals surface area contributed by atoms with Gasteiger partial charge in [0.15, 0.2) is 0 Å². The number of fused-ring (bicyclic) bond motifs is 1. The number of halogens is 1. The van der Waals surface area contributed by atoms with E-state index in [2.05, 4.69) is 20.8 Å². The summed E-state index contributed by atoms with van der Waals surface area (Å²) in [6, 6.07) is 11.6. The molecule has 5 rings (SSSR count). The number of hydrogen-bond donors (Lipinski definition) is 0. The number of aromatic nitrogens is 2. The zero-order valence-corrected chi connectivity index (χ0v) is 24.4. The highest BCUT2D eigenvalue weighted by Crippen LogP contribution is 2.51. The first-order chi connectivity index (χ1) is 19.1. The van der Waals surface area contributed by atoms with Crippen molar-refractivity contribution < 1.29 is 23.5 Å². The number of ether oxygens (including phenoxy) is 2. The van der Waals surface area contributed by atoms with E-state index in [9.17, 15) is 14.0 Å². The monoisotopic (exact) mass is 566 g/mol. The number of hydrogen-bond acceptors (Lipinski definition) is 6. The summed E-state index contributed by atoms with van der Waals surface area (Å²) in [6.45, 7) is 7.50. The molecular formula is C30H35FN4O4S. The van der Waals surface area contributed by atoms with E-state index in [1.54, 1.807) is 35.9 Å². The second-order valence-electron chi connectivity index (χ2n) is 11.1. The van der Waals surface area contributed by atoms with Crippen molar-refractivity contribution in [2.45, 2.75) is 44.3 Å². The number of likely N-dealkylation sites (tertiary alicyclic amines) is 1. The summed E-state index contributed by atoms with van der Waals surface area (Å²) in [5, 5.41) is 4.71. The fraction of sp³-hybridized carbons (Fsp3) is 0.433. The van der Waals surface area contributed by atoms with Gasteiger partial charge in [-0.15, -0.1) is 11.8 Å². The van der Waals surface area contributed by atoms with Crippen LogP contribution >= 0.6 is 11.8 Å². The second kappa shape index (κ2) is 11.2. The molecular weight excluding hydrogens is 531 g/mol. The fourth-order valence-corrected chi connectivity index (χ4v) is 6.54. The lowest BCUT2D eigenvalue weighted by molar-refractivity contribution is -0.130. The fourth-order valence-electron chi connectivity index (χ4n) is 5.33. The predicted octanol–water partition coefficient (Wildman–Crippen LogP) is 5.12. The predicted molar refractivity (Wildman–Crippen MR) is 154 cm³/mol. The summed E-state index contributed by atoms with van der Waals surface area (Å²) < 4.78 is 27.0. The third-order valence-corrected chi connectivity index (χ3v) is 8.58. The molecule has 8 nitrogen and oxygen atoms in total. The molecule has 10 heteroatoms. The van der Waals surface area contributed by atoms with Crippen LogP contribution in [0.2, 0.25) is 0 Å². The number of amides is 2. The van der Waals surface area contributed by atoms with Crippen LogP contribution in [0.3, 0.4) is 0 Å². The van der Waals surface area contributed by atoms with Crippen molar-refractivity contribution >= 4 is 29.4 Å². The van der Waals surface area contributed by atoms with E-state index in [0.717, 1.165) is 29.7 Å². The Morgan fingerprint density at radius 1 is 1.07 bits per heavy atom. The highest BCUT2D eigenvalue weighted by atomic mass is 32.2. The average Bonchev–Trinajstić information content (AvgIpc) is 3.59. The number of rotatable bonds is 6. The van der Waals surface area contributed by atoms with Gasteiger partial charge in [0.05, 0.1) is 36.6 Å². The maximum Gasteiger partial charge on any atom is 0.242 e. The first-order valence-corrected chi connectivity index (χ1v) is 14.5. The van der Waals surface area contributed by atoms with Crippen molar-refractivity contribution in [3.8, 4) is 17.2 Å². The average molecular weight is 567 g/mol. The minimum Gasteiger partial charge on any atom is -0.497 e. The minimum atomic E-state index is -0.418. The molecule has 3 heterocycles. The van der Waals surface area contributed by atoms with Crippen LogP contribution in [0.5, 0.6) is 11.5 Å². The molecule has 0 bridgehead atoms. The van der Waals surface area contributed by atoms with Gasteiger partial charge in [-0.1, -0.05) is 20.8 Å². The summed E-state index contributed by atoms with van der Waals surface area (Å²) in [7, 11) is 3.23. The Morgan fingerprint density at radius 3 is 2.40 bits per heavy atom. The van der Waals surface area contributed by atoms with Crippen LogP contribution in [0.15, 0.2) is 42.5 Å². The Kier molecular flexibility index (Phi) is 7.81. The molecule has 0 unspecified atom stereocenters. The van der Waals surface area contributed by atoms with Gasteiger partial charge < -0.3 is 14.4 Å². The van der Waals surface area contributed by atoms with Crippen molar-refractivity contribution in [3.63, 3.8) is 0 Å². The van der Waals surface area contributed by atoms with Crippen LogP contribution in [0, 0.1) is 5.82 Å². The molecule has 1 saturated heterocycles. The molecule has 0 spiro atoms. The number of thioether (sulfide) groups is 1. The summed E-state index contributed by atoms with van der Waals surface area (Å²) >= 11 is 1.48. The number of carbonyl (C=O) groups is 2. The van der Waals surface area contributed by atoms with Gasteiger partial charge in [0.25, 0.3) is 0 Å². The van der Waals surface area contributed by atoms with Gasteiger partial charge in [0.1, 0.15) is 29.7 Å². The molecule has 0 N–H and O–H groups in total. The molecule has 2 amide bonds. The largest absolute Gasteiger partial charge is 0.497 e. The molecule has 2 aliphatic heterocycles.